The summed E-state index contributed by atoms with van der Waals surface area (Å²) in [6, 6.07) is 0. The molecule has 0 aromatic carbocycles. The molecular weight excluding hydrogens is 428 g/mol. The Kier molecular flexibility index (Phi) is 5.26. The van der Waals surface area contributed by atoms with Gasteiger partial charge in [0.2, 0.25) is 5.24 Å². The first-order chi connectivity index (χ1) is 15.3. The van der Waals surface area contributed by atoms with Gasteiger partial charge in [-0.2, -0.15) is 0 Å². The van der Waals surface area contributed by atoms with Gasteiger partial charge in [-0.25, -0.2) is 0 Å². The number of carbonyl (C=O) groups is 2. The molecule has 5 aliphatic carbocycles. The lowest BCUT2D eigenvalue weighted by molar-refractivity contribution is -0.231. The summed E-state index contributed by atoms with van der Waals surface area (Å²) < 4.78 is 0. The first-order valence-electron chi connectivity index (χ1n) is 13.6. The van der Waals surface area contributed by atoms with Crippen LogP contribution in [0.3, 0.4) is 0 Å². The van der Waals surface area contributed by atoms with Crippen molar-refractivity contribution in [2.24, 2.45) is 56.7 Å². The van der Waals surface area contributed by atoms with Crippen LogP contribution in [0.15, 0.2) is 12.2 Å². The van der Waals surface area contributed by atoms with Crippen molar-refractivity contribution in [1.29, 1.82) is 0 Å². The van der Waals surface area contributed by atoms with Crippen molar-refractivity contribution < 1.29 is 9.59 Å². The lowest BCUT2D eigenvalue weighted by atomic mass is 9.32. The fraction of sp³-hybridized carbons (Fsp3) is 0.867. The predicted molar refractivity (Wildman–Crippen MR) is 135 cm³/mol. The second kappa shape index (κ2) is 7.21. The number of carbonyl (C=O) groups excluding carboxylic acids is 2. The Labute approximate surface area is 206 Å². The standard InChI is InChI=1S/C30H45ClO2/c1-18(2)19-10-15-30(25(31)33)17-16-28(6)20(24(19)30)8-9-22-27(5)13-12-23(32)26(3,4)21(27)11-14-29(22,28)7/h19-22,24H,1,8-17H2,2-7H3/t19-,20?,21?,22?,24?,27-,28+,29+,30-/m0/s1. The van der Waals surface area contributed by atoms with E-state index in [-0.39, 0.29) is 32.3 Å². The molecule has 0 aromatic rings. The summed E-state index contributed by atoms with van der Waals surface area (Å²) in [5.41, 5.74) is 1.42. The van der Waals surface area contributed by atoms with Gasteiger partial charge < -0.3 is 0 Å². The molecule has 3 heteroatoms. The number of halogens is 1. The maximum Gasteiger partial charge on any atom is 0.228 e. The monoisotopic (exact) mass is 472 g/mol. The van der Waals surface area contributed by atoms with Gasteiger partial charge in [0.25, 0.3) is 0 Å². The largest absolute Gasteiger partial charge is 0.299 e. The second-order valence-electron chi connectivity index (χ2n) is 14.3. The summed E-state index contributed by atoms with van der Waals surface area (Å²) in [7, 11) is 0. The van der Waals surface area contributed by atoms with Gasteiger partial charge in [-0.1, -0.05) is 46.8 Å². The highest BCUT2D eigenvalue weighted by Gasteiger charge is 2.71. The molecule has 5 aliphatic rings. The predicted octanol–water partition coefficient (Wildman–Crippen LogP) is 7.98. The first kappa shape index (κ1) is 24.1. The van der Waals surface area contributed by atoms with E-state index in [2.05, 4.69) is 48.1 Å². The van der Waals surface area contributed by atoms with Crippen LogP contribution in [-0.2, 0) is 9.59 Å². The Morgan fingerprint density at radius 3 is 2.21 bits per heavy atom. The summed E-state index contributed by atoms with van der Waals surface area (Å²) >= 11 is 6.42. The smallest absolute Gasteiger partial charge is 0.228 e. The molecule has 5 fully saturated rings. The minimum absolute atomic E-state index is 0.0752. The SMILES string of the molecule is C=C(C)[C@@H]1CC[C@]2(C(=O)Cl)CC[C@]3(C)C(CCC4[C@@]5(C)CCC(=O)C(C)(C)C5CC[C@]43C)C12. The number of Topliss-reactive ketones (excluding diaryl/α,β-unsaturated/α-hetero) is 1. The molecule has 0 radical (unpaired) electrons. The minimum Gasteiger partial charge on any atom is -0.299 e. The summed E-state index contributed by atoms with van der Waals surface area (Å²) in [6.45, 7) is 18.7. The van der Waals surface area contributed by atoms with Gasteiger partial charge >= 0.3 is 0 Å². The molecule has 5 rings (SSSR count). The van der Waals surface area contributed by atoms with Crippen molar-refractivity contribution in [1.82, 2.24) is 0 Å². The first-order valence-corrected chi connectivity index (χ1v) is 14.0. The number of ketones is 1. The van der Waals surface area contributed by atoms with E-state index in [4.69, 9.17) is 11.6 Å². The van der Waals surface area contributed by atoms with E-state index >= 15 is 0 Å². The topological polar surface area (TPSA) is 34.1 Å². The van der Waals surface area contributed by atoms with Crippen molar-refractivity contribution in [3.05, 3.63) is 12.2 Å². The van der Waals surface area contributed by atoms with Crippen LogP contribution in [0.5, 0.6) is 0 Å². The highest BCUT2D eigenvalue weighted by Crippen LogP contribution is 2.77. The number of fused-ring (bicyclic) bond motifs is 7. The zero-order valence-corrected chi connectivity index (χ0v) is 22.6. The van der Waals surface area contributed by atoms with Gasteiger partial charge in [-0.15, -0.1) is 0 Å². The lowest BCUT2D eigenvalue weighted by Gasteiger charge is -2.72. The van der Waals surface area contributed by atoms with Crippen molar-refractivity contribution in [2.45, 2.75) is 106 Å². The molecule has 0 N–H and O–H groups in total. The summed E-state index contributed by atoms with van der Waals surface area (Å²) in [6.07, 6.45) is 10.7. The maximum atomic E-state index is 13.0. The van der Waals surface area contributed by atoms with Crippen molar-refractivity contribution in [3.63, 3.8) is 0 Å². The van der Waals surface area contributed by atoms with E-state index < -0.39 is 0 Å². The molecule has 0 heterocycles. The summed E-state index contributed by atoms with van der Waals surface area (Å²) in [5, 5.41) is -0.0752. The molecule has 4 unspecified atom stereocenters. The van der Waals surface area contributed by atoms with E-state index in [1.165, 1.54) is 31.3 Å². The van der Waals surface area contributed by atoms with E-state index in [1.807, 2.05) is 0 Å². The number of hydrogen-bond acceptors (Lipinski definition) is 2. The molecule has 0 aromatic heterocycles. The third-order valence-corrected chi connectivity index (χ3v) is 13.6. The van der Waals surface area contributed by atoms with E-state index in [0.717, 1.165) is 38.5 Å². The van der Waals surface area contributed by atoms with Crippen LogP contribution < -0.4 is 0 Å². The molecule has 9 atom stereocenters. The van der Waals surface area contributed by atoms with Crippen molar-refractivity contribution in [2.75, 3.05) is 0 Å². The van der Waals surface area contributed by atoms with Gasteiger partial charge in [0.05, 0.1) is 0 Å². The van der Waals surface area contributed by atoms with E-state index in [0.29, 0.717) is 35.4 Å². The van der Waals surface area contributed by atoms with Gasteiger partial charge in [-0.05, 0) is 122 Å². The van der Waals surface area contributed by atoms with E-state index in [1.54, 1.807) is 0 Å². The highest BCUT2D eigenvalue weighted by molar-refractivity contribution is 6.64. The minimum atomic E-state index is -0.334. The van der Waals surface area contributed by atoms with Crippen LogP contribution in [0.4, 0.5) is 0 Å². The fourth-order valence-electron chi connectivity index (χ4n) is 11.3. The Bertz CT molecular complexity index is 905. The summed E-state index contributed by atoms with van der Waals surface area (Å²) in [5.74, 6) is 2.94. The van der Waals surface area contributed by atoms with Crippen LogP contribution in [0.1, 0.15) is 106 Å². The van der Waals surface area contributed by atoms with Crippen LogP contribution in [-0.4, -0.2) is 11.0 Å². The Morgan fingerprint density at radius 2 is 1.58 bits per heavy atom. The molecule has 0 amide bonds. The van der Waals surface area contributed by atoms with Gasteiger partial charge in [-0.3, -0.25) is 9.59 Å². The van der Waals surface area contributed by atoms with Crippen LogP contribution in [0.2, 0.25) is 0 Å². The molecule has 33 heavy (non-hydrogen) atoms. The molecule has 0 bridgehead atoms. The average molecular weight is 473 g/mol. The summed E-state index contributed by atoms with van der Waals surface area (Å²) in [4.78, 5) is 25.9. The third-order valence-electron chi connectivity index (χ3n) is 13.2. The molecule has 0 spiro atoms. The molecule has 2 nitrogen and oxygen atoms in total. The van der Waals surface area contributed by atoms with Gasteiger partial charge in [0.1, 0.15) is 5.78 Å². The van der Waals surface area contributed by atoms with Crippen LogP contribution >= 0.6 is 11.6 Å². The number of allylic oxidation sites excluding steroid dienone is 1. The number of rotatable bonds is 2. The normalized spacial score (nSPS) is 52.8. The van der Waals surface area contributed by atoms with Gasteiger partial charge in [0, 0.05) is 17.3 Å². The molecule has 0 saturated heterocycles. The van der Waals surface area contributed by atoms with Crippen LogP contribution in [0.25, 0.3) is 0 Å². The Hall–Kier alpha value is -0.630. The zero-order valence-electron chi connectivity index (χ0n) is 21.9. The quantitative estimate of drug-likeness (QED) is 0.301. The van der Waals surface area contributed by atoms with Crippen LogP contribution in [0, 0.1) is 56.7 Å². The molecular formula is C30H45ClO2. The molecule has 5 saturated carbocycles. The lowest BCUT2D eigenvalue weighted by Crippen LogP contribution is -2.66. The zero-order chi connectivity index (χ0) is 24.2. The highest BCUT2D eigenvalue weighted by atomic mass is 35.5. The molecule has 184 valence electrons. The molecule has 0 aliphatic heterocycles. The fourth-order valence-corrected chi connectivity index (χ4v) is 11.6. The average Bonchev–Trinajstić information content (AvgIpc) is 3.13. The number of hydrogen-bond donors (Lipinski definition) is 0. The van der Waals surface area contributed by atoms with E-state index in [9.17, 15) is 9.59 Å². The Morgan fingerprint density at radius 1 is 0.879 bits per heavy atom. The Balaban J connectivity index is 1.57. The second-order valence-corrected chi connectivity index (χ2v) is 14.6. The third kappa shape index (κ3) is 2.80. The maximum absolute atomic E-state index is 13.0. The van der Waals surface area contributed by atoms with Crippen molar-refractivity contribution >= 4 is 22.6 Å². The van der Waals surface area contributed by atoms with Gasteiger partial charge in [0.15, 0.2) is 0 Å². The van der Waals surface area contributed by atoms with Crippen molar-refractivity contribution in [3.8, 4) is 0 Å².